The van der Waals surface area contributed by atoms with Gasteiger partial charge in [-0.15, -0.1) is 0 Å². The average Bonchev–Trinajstić information content (AvgIpc) is 2.42. The number of nitrogens with zero attached hydrogens (tertiary/aromatic N) is 1. The topological polar surface area (TPSA) is 46.3 Å². The number of benzene rings is 2. The fourth-order valence-corrected chi connectivity index (χ4v) is 1.80. The summed E-state index contributed by atoms with van der Waals surface area (Å²) >= 11 is 0. The van der Waals surface area contributed by atoms with Gasteiger partial charge in [0.2, 0.25) is 0 Å². The zero-order valence-corrected chi connectivity index (χ0v) is 11.2. The molecule has 20 heavy (non-hydrogen) atoms. The van der Waals surface area contributed by atoms with Crippen LogP contribution in [-0.4, -0.2) is 13.0 Å². The van der Waals surface area contributed by atoms with E-state index >= 15 is 0 Å². The van der Waals surface area contributed by atoms with Gasteiger partial charge in [-0.25, -0.2) is 8.78 Å². The summed E-state index contributed by atoms with van der Waals surface area (Å²) in [5, 5.41) is 0. The Kier molecular flexibility index (Phi) is 3.70. The van der Waals surface area contributed by atoms with Gasteiger partial charge in [0.15, 0.2) is 0 Å². The molecule has 0 heterocycles. The lowest BCUT2D eigenvalue weighted by molar-refractivity contribution is 0.0989. The summed E-state index contributed by atoms with van der Waals surface area (Å²) in [6.07, 6.45) is 0. The van der Waals surface area contributed by atoms with Crippen LogP contribution in [0.1, 0.15) is 15.9 Å². The van der Waals surface area contributed by atoms with Gasteiger partial charge >= 0.3 is 0 Å². The highest BCUT2D eigenvalue weighted by atomic mass is 19.1. The molecule has 0 aliphatic carbocycles. The highest BCUT2D eigenvalue weighted by molar-refractivity contribution is 6.06. The lowest BCUT2D eigenvalue weighted by Gasteiger charge is -2.18. The maximum absolute atomic E-state index is 13.7. The molecule has 0 bridgehead atoms. The molecule has 0 spiro atoms. The summed E-state index contributed by atoms with van der Waals surface area (Å²) in [7, 11) is 1.52. The minimum absolute atomic E-state index is 0.257. The van der Waals surface area contributed by atoms with Gasteiger partial charge in [0.05, 0.1) is 11.3 Å². The molecule has 104 valence electrons. The number of hydrogen-bond acceptors (Lipinski definition) is 2. The van der Waals surface area contributed by atoms with Crippen LogP contribution in [0.3, 0.4) is 0 Å². The van der Waals surface area contributed by atoms with Gasteiger partial charge in [-0.3, -0.25) is 4.79 Å². The molecular formula is C15H14F2N2O. The molecule has 0 aliphatic rings. The van der Waals surface area contributed by atoms with Crippen LogP contribution in [0.15, 0.2) is 36.4 Å². The van der Waals surface area contributed by atoms with Crippen LogP contribution in [-0.2, 0) is 0 Å². The predicted octanol–water partition coefficient (Wildman–Crippen LogP) is 3.13. The highest BCUT2D eigenvalue weighted by Gasteiger charge is 2.19. The summed E-state index contributed by atoms with van der Waals surface area (Å²) in [6, 6.07) is 8.81. The molecule has 2 rings (SSSR count). The Balaban J connectivity index is 2.36. The Hall–Kier alpha value is -2.43. The number of anilines is 2. The maximum Gasteiger partial charge on any atom is 0.261 e. The second-order valence-electron chi connectivity index (χ2n) is 4.55. The van der Waals surface area contributed by atoms with Gasteiger partial charge in [-0.2, -0.15) is 0 Å². The van der Waals surface area contributed by atoms with Crippen molar-refractivity contribution in [1.82, 2.24) is 0 Å². The van der Waals surface area contributed by atoms with Gasteiger partial charge in [0, 0.05) is 18.8 Å². The molecule has 2 aromatic rings. The maximum atomic E-state index is 13.7. The zero-order chi connectivity index (χ0) is 14.9. The van der Waals surface area contributed by atoms with Crippen LogP contribution in [0.4, 0.5) is 20.2 Å². The Morgan fingerprint density at radius 1 is 1.10 bits per heavy atom. The van der Waals surface area contributed by atoms with Crippen molar-refractivity contribution in [2.75, 3.05) is 17.7 Å². The van der Waals surface area contributed by atoms with E-state index in [1.807, 2.05) is 19.1 Å². The second kappa shape index (κ2) is 5.28. The van der Waals surface area contributed by atoms with Crippen molar-refractivity contribution in [3.05, 3.63) is 59.2 Å². The van der Waals surface area contributed by atoms with E-state index in [1.54, 1.807) is 12.1 Å². The zero-order valence-electron chi connectivity index (χ0n) is 11.2. The minimum Gasteiger partial charge on any atom is -0.396 e. The van der Waals surface area contributed by atoms with Gasteiger partial charge in [0.25, 0.3) is 5.91 Å². The lowest BCUT2D eigenvalue weighted by atomic mass is 10.1. The van der Waals surface area contributed by atoms with Crippen LogP contribution in [0.2, 0.25) is 0 Å². The van der Waals surface area contributed by atoms with Crippen LogP contribution >= 0.6 is 0 Å². The van der Waals surface area contributed by atoms with E-state index in [-0.39, 0.29) is 11.3 Å². The van der Waals surface area contributed by atoms with Crippen molar-refractivity contribution in [3.63, 3.8) is 0 Å². The minimum atomic E-state index is -0.930. The number of hydrogen-bond donors (Lipinski definition) is 1. The van der Waals surface area contributed by atoms with Crippen LogP contribution in [0.5, 0.6) is 0 Å². The van der Waals surface area contributed by atoms with Crippen molar-refractivity contribution in [2.24, 2.45) is 0 Å². The Labute approximate surface area is 115 Å². The first-order valence-corrected chi connectivity index (χ1v) is 5.99. The fourth-order valence-electron chi connectivity index (χ4n) is 1.80. The summed E-state index contributed by atoms with van der Waals surface area (Å²) in [5.41, 5.74) is 6.52. The third kappa shape index (κ3) is 2.61. The number of nitrogens with two attached hydrogens (primary N) is 1. The molecule has 0 fully saturated rings. The number of rotatable bonds is 2. The van der Waals surface area contributed by atoms with Gasteiger partial charge in [-0.05, 0) is 25.1 Å². The largest absolute Gasteiger partial charge is 0.396 e. The van der Waals surface area contributed by atoms with E-state index in [4.69, 9.17) is 5.73 Å². The molecule has 0 aliphatic heterocycles. The molecule has 2 N–H and O–H groups in total. The standard InChI is InChI=1S/C15H14F2N2O/c1-9-3-5-10(6-4-9)19(2)15(20)11-7-14(18)13(17)8-12(11)16/h3-8H,18H2,1-2H3. The van der Waals surface area contributed by atoms with E-state index in [2.05, 4.69) is 0 Å². The van der Waals surface area contributed by atoms with Crippen LogP contribution in [0, 0.1) is 18.6 Å². The molecule has 0 saturated heterocycles. The molecule has 1 amide bonds. The normalized spacial score (nSPS) is 10.4. The van der Waals surface area contributed by atoms with Crippen molar-refractivity contribution < 1.29 is 13.6 Å². The van der Waals surface area contributed by atoms with Crippen molar-refractivity contribution in [1.29, 1.82) is 0 Å². The smallest absolute Gasteiger partial charge is 0.261 e. The number of nitrogen functional groups attached to an aromatic ring is 1. The van der Waals surface area contributed by atoms with E-state index in [9.17, 15) is 13.6 Å². The third-order valence-electron chi connectivity index (χ3n) is 3.04. The number of halogens is 2. The van der Waals surface area contributed by atoms with E-state index in [0.717, 1.165) is 11.6 Å². The first kappa shape index (κ1) is 14.0. The highest BCUT2D eigenvalue weighted by Crippen LogP contribution is 2.21. The van der Waals surface area contributed by atoms with E-state index < -0.39 is 17.5 Å². The van der Waals surface area contributed by atoms with Crippen LogP contribution in [0.25, 0.3) is 0 Å². The Morgan fingerprint density at radius 2 is 1.70 bits per heavy atom. The Bertz CT molecular complexity index is 654. The van der Waals surface area contributed by atoms with Gasteiger partial charge in [-0.1, -0.05) is 17.7 Å². The number of carbonyl (C=O) groups excluding carboxylic acids is 1. The SMILES string of the molecule is Cc1ccc(N(C)C(=O)c2cc(N)c(F)cc2F)cc1. The average molecular weight is 276 g/mol. The monoisotopic (exact) mass is 276 g/mol. The van der Waals surface area contributed by atoms with Gasteiger partial charge < -0.3 is 10.6 Å². The van der Waals surface area contributed by atoms with E-state index in [0.29, 0.717) is 11.8 Å². The molecule has 0 unspecified atom stereocenters. The van der Waals surface area contributed by atoms with Crippen molar-refractivity contribution in [2.45, 2.75) is 6.92 Å². The molecule has 0 radical (unpaired) electrons. The molecule has 2 aromatic carbocycles. The summed E-state index contributed by atoms with van der Waals surface area (Å²) in [5.74, 6) is -2.39. The lowest BCUT2D eigenvalue weighted by Crippen LogP contribution is -2.27. The molecule has 0 saturated carbocycles. The molecule has 0 aromatic heterocycles. The van der Waals surface area contributed by atoms with Crippen LogP contribution < -0.4 is 10.6 Å². The fraction of sp³-hybridized carbons (Fsp3) is 0.133. The van der Waals surface area contributed by atoms with Crippen molar-refractivity contribution >= 4 is 17.3 Å². The quantitative estimate of drug-likeness (QED) is 0.856. The second-order valence-corrected chi connectivity index (χ2v) is 4.55. The summed E-state index contributed by atoms with van der Waals surface area (Å²) in [4.78, 5) is 13.5. The predicted molar refractivity (Wildman–Crippen MR) is 74.7 cm³/mol. The third-order valence-corrected chi connectivity index (χ3v) is 3.04. The van der Waals surface area contributed by atoms with Crippen molar-refractivity contribution in [3.8, 4) is 0 Å². The molecule has 0 atom stereocenters. The number of carbonyl (C=O) groups is 1. The summed E-state index contributed by atoms with van der Waals surface area (Å²) in [6.45, 7) is 1.92. The molecule has 3 nitrogen and oxygen atoms in total. The van der Waals surface area contributed by atoms with E-state index in [1.165, 1.54) is 11.9 Å². The Morgan fingerprint density at radius 3 is 2.30 bits per heavy atom. The molecular weight excluding hydrogens is 262 g/mol. The molecule has 5 heteroatoms. The number of aryl methyl sites for hydroxylation is 1. The number of amides is 1. The summed E-state index contributed by atoms with van der Waals surface area (Å²) < 4.78 is 26.8. The first-order valence-electron chi connectivity index (χ1n) is 5.99. The van der Waals surface area contributed by atoms with Gasteiger partial charge in [0.1, 0.15) is 11.6 Å². The first-order chi connectivity index (χ1) is 9.40.